The van der Waals surface area contributed by atoms with E-state index in [2.05, 4.69) is 42.8 Å². The van der Waals surface area contributed by atoms with Crippen LogP contribution in [0.4, 0.5) is 0 Å². The van der Waals surface area contributed by atoms with Crippen LogP contribution < -0.4 is 5.32 Å². The van der Waals surface area contributed by atoms with Gasteiger partial charge in [-0.15, -0.1) is 0 Å². The van der Waals surface area contributed by atoms with E-state index in [0.717, 1.165) is 39.1 Å². The van der Waals surface area contributed by atoms with E-state index in [1.54, 1.807) is 0 Å². The fraction of sp³-hybridized carbons (Fsp3) is 0.933. The van der Waals surface area contributed by atoms with Crippen molar-refractivity contribution in [3.05, 3.63) is 0 Å². The fourth-order valence-corrected chi connectivity index (χ4v) is 3.11. The molecule has 0 aromatic rings. The first-order valence-electron chi connectivity index (χ1n) is 7.65. The summed E-state index contributed by atoms with van der Waals surface area (Å²) in [6, 6.07) is 0.0601. The standard InChI is InChI=1S/C15H29N3O/c1-12-5-6-16-13(11-12)14(19)17-7-9-18(10-8-17)15(2,3)4/h12-13,16H,5-11H2,1-4H3. The van der Waals surface area contributed by atoms with Crippen molar-refractivity contribution in [1.82, 2.24) is 15.1 Å². The molecule has 2 rings (SSSR count). The van der Waals surface area contributed by atoms with Gasteiger partial charge in [-0.2, -0.15) is 0 Å². The van der Waals surface area contributed by atoms with Crippen LogP contribution in [0.15, 0.2) is 0 Å². The van der Waals surface area contributed by atoms with Crippen molar-refractivity contribution in [3.63, 3.8) is 0 Å². The molecule has 2 fully saturated rings. The molecule has 0 aliphatic carbocycles. The number of carbonyl (C=O) groups is 1. The Hall–Kier alpha value is -0.610. The number of carbonyl (C=O) groups excluding carboxylic acids is 1. The summed E-state index contributed by atoms with van der Waals surface area (Å²) in [5.41, 5.74) is 0.215. The average molecular weight is 267 g/mol. The summed E-state index contributed by atoms with van der Waals surface area (Å²) >= 11 is 0. The Bertz CT molecular complexity index is 316. The monoisotopic (exact) mass is 267 g/mol. The highest BCUT2D eigenvalue weighted by atomic mass is 16.2. The lowest BCUT2D eigenvalue weighted by atomic mass is 9.93. The molecule has 4 heteroatoms. The predicted molar refractivity (Wildman–Crippen MR) is 78.1 cm³/mol. The third kappa shape index (κ3) is 3.69. The van der Waals surface area contributed by atoms with Crippen LogP contribution in [-0.4, -0.2) is 60.0 Å². The highest BCUT2D eigenvalue weighted by Crippen LogP contribution is 2.19. The lowest BCUT2D eigenvalue weighted by molar-refractivity contribution is -0.137. The van der Waals surface area contributed by atoms with Crippen molar-refractivity contribution in [2.75, 3.05) is 32.7 Å². The van der Waals surface area contributed by atoms with Gasteiger partial charge in [0, 0.05) is 31.7 Å². The zero-order valence-electron chi connectivity index (χ0n) is 12.9. The second-order valence-electron chi connectivity index (χ2n) is 7.12. The average Bonchev–Trinajstić information content (AvgIpc) is 2.37. The SMILES string of the molecule is CC1CCNC(C(=O)N2CCN(C(C)(C)C)CC2)C1. The van der Waals surface area contributed by atoms with Crippen LogP contribution in [-0.2, 0) is 4.79 Å². The van der Waals surface area contributed by atoms with Crippen molar-refractivity contribution < 1.29 is 4.79 Å². The highest BCUT2D eigenvalue weighted by Gasteiger charge is 2.32. The van der Waals surface area contributed by atoms with E-state index < -0.39 is 0 Å². The Morgan fingerprint density at radius 2 is 1.79 bits per heavy atom. The number of piperazine rings is 1. The molecule has 0 aromatic heterocycles. The number of amides is 1. The topological polar surface area (TPSA) is 35.6 Å². The molecule has 1 N–H and O–H groups in total. The summed E-state index contributed by atoms with van der Waals surface area (Å²) in [5.74, 6) is 0.992. The van der Waals surface area contributed by atoms with Gasteiger partial charge in [0.05, 0.1) is 6.04 Å². The molecule has 2 unspecified atom stereocenters. The number of nitrogens with zero attached hydrogens (tertiary/aromatic N) is 2. The molecule has 110 valence electrons. The minimum absolute atomic E-state index is 0.0601. The van der Waals surface area contributed by atoms with Crippen molar-refractivity contribution in [3.8, 4) is 0 Å². The van der Waals surface area contributed by atoms with E-state index in [1.807, 2.05) is 0 Å². The fourth-order valence-electron chi connectivity index (χ4n) is 3.11. The number of hydrogen-bond donors (Lipinski definition) is 1. The molecule has 0 spiro atoms. The molecule has 19 heavy (non-hydrogen) atoms. The van der Waals surface area contributed by atoms with Crippen molar-refractivity contribution in [1.29, 1.82) is 0 Å². The molecule has 2 atom stereocenters. The molecule has 1 amide bonds. The van der Waals surface area contributed by atoms with Crippen LogP contribution in [0.5, 0.6) is 0 Å². The first-order chi connectivity index (χ1) is 8.88. The normalized spacial score (nSPS) is 30.4. The van der Waals surface area contributed by atoms with E-state index in [9.17, 15) is 4.79 Å². The molecule has 4 nitrogen and oxygen atoms in total. The van der Waals surface area contributed by atoms with E-state index >= 15 is 0 Å². The predicted octanol–water partition coefficient (Wildman–Crippen LogP) is 1.32. The molecule has 2 heterocycles. The Balaban J connectivity index is 1.85. The maximum absolute atomic E-state index is 12.5. The summed E-state index contributed by atoms with van der Waals surface area (Å²) in [6.07, 6.45) is 2.19. The zero-order chi connectivity index (χ0) is 14.0. The Morgan fingerprint density at radius 3 is 2.32 bits per heavy atom. The summed E-state index contributed by atoms with van der Waals surface area (Å²) in [5, 5.41) is 3.38. The number of rotatable bonds is 1. The zero-order valence-corrected chi connectivity index (χ0v) is 12.9. The Morgan fingerprint density at radius 1 is 1.16 bits per heavy atom. The van der Waals surface area contributed by atoms with Crippen LogP contribution in [0.2, 0.25) is 0 Å². The third-order valence-corrected chi connectivity index (χ3v) is 4.50. The summed E-state index contributed by atoms with van der Waals surface area (Å²) in [7, 11) is 0. The van der Waals surface area contributed by atoms with Gasteiger partial charge in [0.1, 0.15) is 0 Å². The smallest absolute Gasteiger partial charge is 0.239 e. The van der Waals surface area contributed by atoms with Crippen LogP contribution >= 0.6 is 0 Å². The molecule has 2 aliphatic rings. The van der Waals surface area contributed by atoms with E-state index in [0.29, 0.717) is 11.8 Å². The second kappa shape index (κ2) is 5.80. The van der Waals surface area contributed by atoms with Gasteiger partial charge in [-0.3, -0.25) is 9.69 Å². The van der Waals surface area contributed by atoms with Gasteiger partial charge in [0.25, 0.3) is 0 Å². The number of nitrogens with one attached hydrogen (secondary N) is 1. The van der Waals surface area contributed by atoms with Crippen LogP contribution in [0, 0.1) is 5.92 Å². The maximum atomic E-state index is 12.5. The molecule has 0 bridgehead atoms. The maximum Gasteiger partial charge on any atom is 0.239 e. The molecule has 0 saturated carbocycles. The Labute approximate surface area is 117 Å². The number of hydrogen-bond acceptors (Lipinski definition) is 3. The van der Waals surface area contributed by atoms with Crippen LogP contribution in [0.1, 0.15) is 40.5 Å². The quantitative estimate of drug-likeness (QED) is 0.778. The minimum Gasteiger partial charge on any atom is -0.339 e. The van der Waals surface area contributed by atoms with E-state index in [4.69, 9.17) is 0 Å². The van der Waals surface area contributed by atoms with Crippen molar-refractivity contribution >= 4 is 5.91 Å². The van der Waals surface area contributed by atoms with Gasteiger partial charge >= 0.3 is 0 Å². The minimum atomic E-state index is 0.0601. The largest absolute Gasteiger partial charge is 0.339 e. The van der Waals surface area contributed by atoms with Gasteiger partial charge in [0.15, 0.2) is 0 Å². The lowest BCUT2D eigenvalue weighted by Gasteiger charge is -2.43. The lowest BCUT2D eigenvalue weighted by Crippen LogP contribution is -2.58. The molecule has 0 radical (unpaired) electrons. The second-order valence-corrected chi connectivity index (χ2v) is 7.12. The van der Waals surface area contributed by atoms with Gasteiger partial charge in [-0.1, -0.05) is 6.92 Å². The number of piperidine rings is 1. The Kier molecular flexibility index (Phi) is 4.51. The molecule has 0 aromatic carbocycles. The molecule has 2 aliphatic heterocycles. The summed E-state index contributed by atoms with van der Waals surface area (Å²) in [6.45, 7) is 13.7. The van der Waals surface area contributed by atoms with E-state index in [1.165, 1.54) is 6.42 Å². The molecule has 2 saturated heterocycles. The third-order valence-electron chi connectivity index (χ3n) is 4.50. The molecular formula is C15H29N3O. The van der Waals surface area contributed by atoms with Crippen LogP contribution in [0.25, 0.3) is 0 Å². The highest BCUT2D eigenvalue weighted by molar-refractivity contribution is 5.82. The molecular weight excluding hydrogens is 238 g/mol. The van der Waals surface area contributed by atoms with Crippen molar-refractivity contribution in [2.24, 2.45) is 5.92 Å². The van der Waals surface area contributed by atoms with Gasteiger partial charge in [0.2, 0.25) is 5.91 Å². The first kappa shape index (κ1) is 14.8. The van der Waals surface area contributed by atoms with Gasteiger partial charge < -0.3 is 10.2 Å². The van der Waals surface area contributed by atoms with Gasteiger partial charge in [-0.25, -0.2) is 0 Å². The summed E-state index contributed by atoms with van der Waals surface area (Å²) < 4.78 is 0. The first-order valence-corrected chi connectivity index (χ1v) is 7.65. The van der Waals surface area contributed by atoms with Gasteiger partial charge in [-0.05, 0) is 46.1 Å². The van der Waals surface area contributed by atoms with Crippen LogP contribution in [0.3, 0.4) is 0 Å². The summed E-state index contributed by atoms with van der Waals surface area (Å²) in [4.78, 5) is 17.0. The van der Waals surface area contributed by atoms with E-state index in [-0.39, 0.29) is 11.6 Å². The van der Waals surface area contributed by atoms with Crippen molar-refractivity contribution in [2.45, 2.75) is 52.1 Å².